The van der Waals surface area contributed by atoms with Crippen molar-refractivity contribution in [3.05, 3.63) is 29.6 Å². The number of aromatic nitrogens is 2. The standard InChI is InChI=1S/C10H6FN3S3/c1-15-9-13-14-10(17-9)16-8-4-2-3-7(11)6(8)5-12/h2-4H,1H3. The van der Waals surface area contributed by atoms with Crippen LogP contribution in [0.4, 0.5) is 4.39 Å². The van der Waals surface area contributed by atoms with Crippen LogP contribution in [0.5, 0.6) is 0 Å². The summed E-state index contributed by atoms with van der Waals surface area (Å²) in [6, 6.07) is 6.41. The van der Waals surface area contributed by atoms with E-state index in [1.54, 1.807) is 12.1 Å². The van der Waals surface area contributed by atoms with Crippen molar-refractivity contribution in [1.82, 2.24) is 10.2 Å². The van der Waals surface area contributed by atoms with Gasteiger partial charge >= 0.3 is 0 Å². The first-order valence-electron chi connectivity index (χ1n) is 4.48. The molecule has 0 N–H and O–H groups in total. The number of benzene rings is 1. The average molecular weight is 283 g/mol. The van der Waals surface area contributed by atoms with E-state index in [0.717, 1.165) is 4.34 Å². The summed E-state index contributed by atoms with van der Waals surface area (Å²) in [5.41, 5.74) is 0.0541. The van der Waals surface area contributed by atoms with Crippen molar-refractivity contribution in [2.45, 2.75) is 13.6 Å². The van der Waals surface area contributed by atoms with Crippen molar-refractivity contribution < 1.29 is 4.39 Å². The number of rotatable bonds is 3. The van der Waals surface area contributed by atoms with E-state index in [1.807, 2.05) is 12.3 Å². The first-order chi connectivity index (χ1) is 8.24. The summed E-state index contributed by atoms with van der Waals surface area (Å²) in [4.78, 5) is 0.566. The highest BCUT2D eigenvalue weighted by molar-refractivity contribution is 8.03. The molecular formula is C10H6FN3S3. The SMILES string of the molecule is CSc1nnc(Sc2cccc(F)c2C#N)s1. The smallest absolute Gasteiger partial charge is 0.179 e. The molecule has 0 spiro atoms. The van der Waals surface area contributed by atoms with Crippen LogP contribution in [0.25, 0.3) is 0 Å². The van der Waals surface area contributed by atoms with E-state index in [4.69, 9.17) is 5.26 Å². The zero-order valence-electron chi connectivity index (χ0n) is 8.68. The van der Waals surface area contributed by atoms with Gasteiger partial charge in [-0.1, -0.05) is 40.9 Å². The van der Waals surface area contributed by atoms with Gasteiger partial charge < -0.3 is 0 Å². The second kappa shape index (κ2) is 5.49. The average Bonchev–Trinajstić information content (AvgIpc) is 2.77. The Morgan fingerprint density at radius 2 is 2.12 bits per heavy atom. The molecule has 2 aromatic rings. The Hall–Kier alpha value is -1.10. The van der Waals surface area contributed by atoms with E-state index < -0.39 is 5.82 Å². The summed E-state index contributed by atoms with van der Waals surface area (Å²) in [7, 11) is 0. The van der Waals surface area contributed by atoms with Crippen molar-refractivity contribution in [1.29, 1.82) is 5.26 Å². The van der Waals surface area contributed by atoms with Crippen LogP contribution in [0.3, 0.4) is 0 Å². The third-order valence-electron chi connectivity index (χ3n) is 1.85. The first kappa shape index (κ1) is 12.4. The summed E-state index contributed by atoms with van der Waals surface area (Å²) >= 11 is 4.19. The molecule has 0 saturated carbocycles. The van der Waals surface area contributed by atoms with E-state index in [2.05, 4.69) is 10.2 Å². The van der Waals surface area contributed by atoms with Gasteiger partial charge in [0.25, 0.3) is 0 Å². The van der Waals surface area contributed by atoms with Gasteiger partial charge in [0.2, 0.25) is 0 Å². The van der Waals surface area contributed by atoms with Gasteiger partial charge in [-0.3, -0.25) is 0 Å². The molecule has 17 heavy (non-hydrogen) atoms. The van der Waals surface area contributed by atoms with Crippen LogP contribution in [0, 0.1) is 17.1 Å². The van der Waals surface area contributed by atoms with E-state index >= 15 is 0 Å². The van der Waals surface area contributed by atoms with E-state index in [1.165, 1.54) is 40.9 Å². The molecule has 0 radical (unpaired) electrons. The minimum atomic E-state index is -0.507. The van der Waals surface area contributed by atoms with Crippen LogP contribution >= 0.6 is 34.9 Å². The maximum atomic E-state index is 13.4. The van der Waals surface area contributed by atoms with Crippen molar-refractivity contribution in [2.24, 2.45) is 0 Å². The Bertz CT molecular complexity index is 576. The van der Waals surface area contributed by atoms with Crippen molar-refractivity contribution >= 4 is 34.9 Å². The summed E-state index contributed by atoms with van der Waals surface area (Å²) in [6.07, 6.45) is 1.91. The van der Waals surface area contributed by atoms with Gasteiger partial charge in [-0.05, 0) is 18.4 Å². The molecule has 0 bridgehead atoms. The zero-order chi connectivity index (χ0) is 12.3. The highest BCUT2D eigenvalue weighted by Gasteiger charge is 2.11. The third-order valence-corrected chi connectivity index (χ3v) is 4.86. The quantitative estimate of drug-likeness (QED) is 0.808. The number of halogens is 1. The van der Waals surface area contributed by atoms with Gasteiger partial charge in [-0.25, -0.2) is 4.39 Å². The molecule has 0 aliphatic carbocycles. The number of nitriles is 1. The van der Waals surface area contributed by atoms with Crippen LogP contribution in [0.1, 0.15) is 5.56 Å². The maximum Gasteiger partial charge on any atom is 0.179 e. The van der Waals surface area contributed by atoms with E-state index in [0.29, 0.717) is 9.24 Å². The molecule has 0 fully saturated rings. The topological polar surface area (TPSA) is 49.6 Å². The van der Waals surface area contributed by atoms with Gasteiger partial charge in [0.1, 0.15) is 17.4 Å². The predicted octanol–water partition coefficient (Wildman–Crippen LogP) is 3.42. The van der Waals surface area contributed by atoms with Crippen LogP contribution in [0.15, 0.2) is 31.8 Å². The molecule has 0 saturated heterocycles. The summed E-state index contributed by atoms with van der Waals surface area (Å²) < 4.78 is 14.9. The second-order valence-electron chi connectivity index (χ2n) is 2.86. The second-order valence-corrected chi connectivity index (χ2v) is 6.18. The lowest BCUT2D eigenvalue weighted by Gasteiger charge is -2.00. The molecule has 0 aliphatic rings. The molecule has 0 aliphatic heterocycles. The van der Waals surface area contributed by atoms with Crippen LogP contribution < -0.4 is 0 Å². The van der Waals surface area contributed by atoms with Gasteiger partial charge in [-0.15, -0.1) is 10.2 Å². The third kappa shape index (κ3) is 2.77. The molecule has 0 atom stereocenters. The number of hydrogen-bond acceptors (Lipinski definition) is 6. The Labute approximate surface area is 110 Å². The summed E-state index contributed by atoms with van der Waals surface area (Å²) in [6.45, 7) is 0. The molecular weight excluding hydrogens is 277 g/mol. The molecule has 3 nitrogen and oxygen atoms in total. The zero-order valence-corrected chi connectivity index (χ0v) is 11.1. The van der Waals surface area contributed by atoms with E-state index in [9.17, 15) is 4.39 Å². The molecule has 0 unspecified atom stereocenters. The van der Waals surface area contributed by atoms with Crippen molar-refractivity contribution in [2.75, 3.05) is 6.26 Å². The Kier molecular flexibility index (Phi) is 3.99. The predicted molar refractivity (Wildman–Crippen MR) is 66.9 cm³/mol. The normalized spacial score (nSPS) is 10.2. The van der Waals surface area contributed by atoms with Crippen LogP contribution in [-0.2, 0) is 0 Å². The molecule has 1 heterocycles. The van der Waals surface area contributed by atoms with Crippen molar-refractivity contribution in [3.63, 3.8) is 0 Å². The molecule has 2 rings (SSSR count). The number of hydrogen-bond donors (Lipinski definition) is 0. The largest absolute Gasteiger partial charge is 0.206 e. The fraction of sp³-hybridized carbons (Fsp3) is 0.100. The maximum absolute atomic E-state index is 13.4. The molecule has 86 valence electrons. The number of nitrogens with zero attached hydrogens (tertiary/aromatic N) is 3. The Morgan fingerprint density at radius 3 is 2.76 bits per heavy atom. The lowest BCUT2D eigenvalue weighted by Crippen LogP contribution is -1.86. The van der Waals surface area contributed by atoms with Crippen LogP contribution in [-0.4, -0.2) is 16.5 Å². The minimum absolute atomic E-state index is 0.0541. The fourth-order valence-corrected chi connectivity index (χ4v) is 3.61. The highest BCUT2D eigenvalue weighted by Crippen LogP contribution is 2.34. The molecule has 1 aromatic carbocycles. The van der Waals surface area contributed by atoms with Gasteiger partial charge in [-0.2, -0.15) is 5.26 Å². The van der Waals surface area contributed by atoms with Gasteiger partial charge in [0.15, 0.2) is 8.68 Å². The fourth-order valence-electron chi connectivity index (χ4n) is 1.11. The number of thioether (sulfide) groups is 1. The molecule has 1 aromatic heterocycles. The molecule has 7 heteroatoms. The lowest BCUT2D eigenvalue weighted by atomic mass is 10.2. The minimum Gasteiger partial charge on any atom is -0.206 e. The lowest BCUT2D eigenvalue weighted by molar-refractivity contribution is 0.620. The highest BCUT2D eigenvalue weighted by atomic mass is 32.2. The van der Waals surface area contributed by atoms with Gasteiger partial charge in [0.05, 0.1) is 0 Å². The monoisotopic (exact) mass is 283 g/mol. The Morgan fingerprint density at radius 1 is 1.35 bits per heavy atom. The summed E-state index contributed by atoms with van der Waals surface area (Å²) in [5.74, 6) is -0.507. The van der Waals surface area contributed by atoms with Crippen LogP contribution in [0.2, 0.25) is 0 Å². The summed E-state index contributed by atoms with van der Waals surface area (Å²) in [5, 5.41) is 16.8. The Balaban J connectivity index is 2.30. The van der Waals surface area contributed by atoms with Crippen molar-refractivity contribution in [3.8, 4) is 6.07 Å². The van der Waals surface area contributed by atoms with Gasteiger partial charge in [0, 0.05) is 4.90 Å². The van der Waals surface area contributed by atoms with E-state index in [-0.39, 0.29) is 5.56 Å². The molecule has 0 amide bonds. The first-order valence-corrected chi connectivity index (χ1v) is 7.34.